The van der Waals surface area contributed by atoms with Gasteiger partial charge < -0.3 is 9.80 Å². The summed E-state index contributed by atoms with van der Waals surface area (Å²) in [6.45, 7) is 5.24. The van der Waals surface area contributed by atoms with E-state index in [1.54, 1.807) is 0 Å². The van der Waals surface area contributed by atoms with Crippen LogP contribution in [0.4, 0.5) is 24.7 Å². The molecule has 1 N–H and O–H groups in total. The van der Waals surface area contributed by atoms with Crippen LogP contribution in [0, 0.1) is 17.2 Å². The Labute approximate surface area is 200 Å². The molecule has 0 spiro atoms. The van der Waals surface area contributed by atoms with E-state index < -0.39 is 32.9 Å². The lowest BCUT2D eigenvalue weighted by Crippen LogP contribution is -2.56. The molecule has 33 heavy (non-hydrogen) atoms. The summed E-state index contributed by atoms with van der Waals surface area (Å²) in [6, 6.07) is 4.84. The van der Waals surface area contributed by atoms with Crippen LogP contribution in [0.3, 0.4) is 0 Å². The molecular formula is C21H23Cl2F3N4O2S. The lowest BCUT2D eigenvalue weighted by atomic mass is 9.78. The first-order chi connectivity index (χ1) is 15.5. The van der Waals surface area contributed by atoms with Crippen molar-refractivity contribution in [1.29, 1.82) is 0 Å². The number of likely N-dealkylation sites (tertiary alicyclic amines) is 1. The van der Waals surface area contributed by atoms with Crippen LogP contribution in [0.15, 0.2) is 29.2 Å². The van der Waals surface area contributed by atoms with Gasteiger partial charge in [0.1, 0.15) is 21.9 Å². The Morgan fingerprint density at radius 2 is 2.00 bits per heavy atom. The van der Waals surface area contributed by atoms with Gasteiger partial charge in [0.2, 0.25) is 5.95 Å². The van der Waals surface area contributed by atoms with Crippen LogP contribution in [-0.2, 0) is 10.0 Å². The Morgan fingerprint density at radius 3 is 2.64 bits per heavy atom. The quantitative estimate of drug-likeness (QED) is 0.420. The molecule has 2 fully saturated rings. The first-order valence-electron chi connectivity index (χ1n) is 10.4. The second-order valence-electron chi connectivity index (χ2n) is 8.89. The number of hydrogen-bond donors (Lipinski definition) is 1. The minimum Gasteiger partial charge on any atom is -0.369 e. The molecule has 12 heteroatoms. The van der Waals surface area contributed by atoms with Gasteiger partial charge in [-0.3, -0.25) is 4.72 Å². The minimum absolute atomic E-state index is 0.0595. The molecule has 0 saturated carbocycles. The highest BCUT2D eigenvalue weighted by atomic mass is 35.5. The summed E-state index contributed by atoms with van der Waals surface area (Å²) in [7, 11) is -4.52. The van der Waals surface area contributed by atoms with Crippen LogP contribution in [0.1, 0.15) is 19.8 Å². The van der Waals surface area contributed by atoms with E-state index in [2.05, 4.69) is 16.8 Å². The van der Waals surface area contributed by atoms with Gasteiger partial charge >= 0.3 is 0 Å². The maximum atomic E-state index is 15.1. The number of nitrogens with one attached hydrogen (secondary N) is 1. The van der Waals surface area contributed by atoms with Crippen LogP contribution >= 0.6 is 23.2 Å². The molecule has 0 amide bonds. The van der Waals surface area contributed by atoms with E-state index in [9.17, 15) is 17.2 Å². The standard InChI is InChI=1S/C21H23Cl2F3N4O2S/c1-21(6-8-29-7-5-13(24)10-29)11-30(12-21)15-9-14(22)20(19(26)18(15)23)33(31,32)28-17-4-2-3-16(25)27-17/h2-4,9,13H,5-8,10-12H2,1H3,(H,27,28)/t13-/m0/s1. The lowest BCUT2D eigenvalue weighted by Gasteiger charge is -2.50. The smallest absolute Gasteiger partial charge is 0.267 e. The number of rotatable bonds is 7. The van der Waals surface area contributed by atoms with Gasteiger partial charge in [-0.1, -0.05) is 36.2 Å². The van der Waals surface area contributed by atoms with Gasteiger partial charge in [-0.05, 0) is 37.6 Å². The fourth-order valence-corrected chi connectivity index (χ4v) is 6.28. The maximum Gasteiger partial charge on any atom is 0.267 e. The predicted molar refractivity (Wildman–Crippen MR) is 122 cm³/mol. The molecule has 2 saturated heterocycles. The molecule has 0 bridgehead atoms. The third-order valence-electron chi connectivity index (χ3n) is 6.05. The van der Waals surface area contributed by atoms with Crippen molar-refractivity contribution in [1.82, 2.24) is 9.88 Å². The molecule has 180 valence electrons. The third kappa shape index (κ3) is 5.18. The number of pyridine rings is 1. The molecule has 2 aromatic rings. The molecule has 2 aliphatic heterocycles. The van der Waals surface area contributed by atoms with Gasteiger partial charge in [0.05, 0.1) is 10.7 Å². The van der Waals surface area contributed by atoms with E-state index in [0.717, 1.165) is 25.6 Å². The van der Waals surface area contributed by atoms with Gasteiger partial charge in [-0.15, -0.1) is 0 Å². The zero-order valence-corrected chi connectivity index (χ0v) is 20.1. The average Bonchev–Trinajstić information content (AvgIpc) is 3.12. The number of benzene rings is 1. The van der Waals surface area contributed by atoms with E-state index >= 15 is 4.39 Å². The number of sulfonamides is 1. The van der Waals surface area contributed by atoms with Gasteiger partial charge in [0.15, 0.2) is 5.82 Å². The Kier molecular flexibility index (Phi) is 6.74. The topological polar surface area (TPSA) is 65.5 Å². The normalized spacial score (nSPS) is 20.7. The molecule has 6 nitrogen and oxygen atoms in total. The zero-order valence-electron chi connectivity index (χ0n) is 17.8. The summed E-state index contributed by atoms with van der Waals surface area (Å²) >= 11 is 12.4. The van der Waals surface area contributed by atoms with E-state index in [1.807, 2.05) is 9.62 Å². The second kappa shape index (κ2) is 9.13. The fourth-order valence-electron chi connectivity index (χ4n) is 4.32. The van der Waals surface area contributed by atoms with Crippen LogP contribution in [-0.4, -0.2) is 57.2 Å². The molecule has 1 aromatic carbocycles. The van der Waals surface area contributed by atoms with Crippen LogP contribution in [0.25, 0.3) is 0 Å². The van der Waals surface area contributed by atoms with Crippen molar-refractivity contribution in [3.63, 3.8) is 0 Å². The highest BCUT2D eigenvalue weighted by Crippen LogP contribution is 2.44. The van der Waals surface area contributed by atoms with E-state index in [0.29, 0.717) is 31.7 Å². The van der Waals surface area contributed by atoms with Crippen molar-refractivity contribution in [2.24, 2.45) is 5.41 Å². The number of hydrogen-bond acceptors (Lipinski definition) is 5. The summed E-state index contributed by atoms with van der Waals surface area (Å²) in [5.74, 6) is -2.41. The third-order valence-corrected chi connectivity index (χ3v) is 8.24. The first kappa shape index (κ1) is 24.4. The average molecular weight is 523 g/mol. The Bertz CT molecular complexity index is 1160. The minimum atomic E-state index is -4.52. The van der Waals surface area contributed by atoms with E-state index in [-0.39, 0.29) is 21.3 Å². The summed E-state index contributed by atoms with van der Waals surface area (Å²) in [5, 5.41) is -0.718. The molecule has 1 aromatic heterocycles. The molecule has 0 unspecified atom stereocenters. The van der Waals surface area contributed by atoms with Crippen LogP contribution in [0.2, 0.25) is 10.0 Å². The van der Waals surface area contributed by atoms with Crippen LogP contribution in [0.5, 0.6) is 0 Å². The Morgan fingerprint density at radius 1 is 1.27 bits per heavy atom. The molecule has 1 atom stereocenters. The SMILES string of the molecule is CC1(CCN2CC[C@H](F)C2)CN(c2cc(Cl)c(S(=O)(=O)Nc3cccc(F)n3)c(F)c2Cl)C1. The van der Waals surface area contributed by atoms with Crippen molar-refractivity contribution in [2.45, 2.75) is 30.8 Å². The number of alkyl halides is 1. The highest BCUT2D eigenvalue weighted by molar-refractivity contribution is 7.92. The molecule has 0 aliphatic carbocycles. The summed E-state index contributed by atoms with van der Waals surface area (Å²) in [6.07, 6.45) is 0.650. The Hall–Kier alpha value is -1.75. The predicted octanol–water partition coefficient (Wildman–Crippen LogP) is 4.73. The Balaban J connectivity index is 1.48. The maximum absolute atomic E-state index is 15.1. The molecule has 4 rings (SSSR count). The fraction of sp³-hybridized carbons (Fsp3) is 0.476. The zero-order chi connectivity index (χ0) is 24.0. The number of aromatic nitrogens is 1. The van der Waals surface area contributed by atoms with Gasteiger partial charge in [0.25, 0.3) is 10.0 Å². The van der Waals surface area contributed by atoms with Crippen LogP contribution < -0.4 is 9.62 Å². The summed E-state index contributed by atoms with van der Waals surface area (Å²) in [4.78, 5) is 6.51. The van der Waals surface area contributed by atoms with Crippen molar-refractivity contribution in [2.75, 3.05) is 42.3 Å². The molecule has 2 aliphatic rings. The van der Waals surface area contributed by atoms with Gasteiger partial charge in [-0.25, -0.2) is 22.2 Å². The number of halogens is 5. The molecule has 0 radical (unpaired) electrons. The number of anilines is 2. The second-order valence-corrected chi connectivity index (χ2v) is 11.3. The molecule has 3 heterocycles. The van der Waals surface area contributed by atoms with E-state index in [4.69, 9.17) is 23.2 Å². The van der Waals surface area contributed by atoms with Crippen molar-refractivity contribution >= 4 is 44.7 Å². The largest absolute Gasteiger partial charge is 0.369 e. The van der Waals surface area contributed by atoms with Crippen molar-refractivity contribution in [3.05, 3.63) is 46.1 Å². The molecular weight excluding hydrogens is 500 g/mol. The van der Waals surface area contributed by atoms with Gasteiger partial charge in [-0.2, -0.15) is 4.39 Å². The number of nitrogens with zero attached hydrogens (tertiary/aromatic N) is 3. The van der Waals surface area contributed by atoms with Crippen molar-refractivity contribution in [3.8, 4) is 0 Å². The first-order valence-corrected chi connectivity index (χ1v) is 12.7. The summed E-state index contributed by atoms with van der Waals surface area (Å²) < 4.78 is 69.2. The summed E-state index contributed by atoms with van der Waals surface area (Å²) in [5.41, 5.74) is 0.236. The van der Waals surface area contributed by atoms with E-state index in [1.165, 1.54) is 18.2 Å². The lowest BCUT2D eigenvalue weighted by molar-refractivity contribution is 0.180. The van der Waals surface area contributed by atoms with Gasteiger partial charge in [0, 0.05) is 31.6 Å². The highest BCUT2D eigenvalue weighted by Gasteiger charge is 2.41. The van der Waals surface area contributed by atoms with Crippen molar-refractivity contribution < 1.29 is 21.6 Å². The monoisotopic (exact) mass is 522 g/mol.